The Kier molecular flexibility index (Phi) is 1.40. The van der Waals surface area contributed by atoms with Crippen LogP contribution < -0.4 is 0 Å². The quantitative estimate of drug-likeness (QED) is 0.540. The van der Waals surface area contributed by atoms with E-state index in [1.165, 1.54) is 19.3 Å². The summed E-state index contributed by atoms with van der Waals surface area (Å²) in [6, 6.07) is 0. The smallest absolute Gasteiger partial charge is 0.0788 e. The third kappa shape index (κ3) is 0.731. The van der Waals surface area contributed by atoms with Gasteiger partial charge in [-0.25, -0.2) is 0 Å². The first-order valence-corrected chi connectivity index (χ1v) is 5.11. The summed E-state index contributed by atoms with van der Waals surface area (Å²) in [7, 11) is 1.85. The number of hydrogen-bond acceptors (Lipinski definition) is 1. The number of hydrogen-bond donors (Lipinski definition) is 0. The minimum Gasteiger partial charge on any atom is -0.377 e. The minimum atomic E-state index is 0.449. The molecule has 2 saturated carbocycles. The maximum absolute atomic E-state index is 5.49. The lowest BCUT2D eigenvalue weighted by atomic mass is 9.80. The first-order chi connectivity index (χ1) is 5.90. The summed E-state index contributed by atoms with van der Waals surface area (Å²) < 4.78 is 5.49. The van der Waals surface area contributed by atoms with Crippen LogP contribution in [0.3, 0.4) is 0 Å². The highest BCUT2D eigenvalue weighted by Crippen LogP contribution is 2.56. The molecule has 0 aromatic heterocycles. The number of methoxy groups -OCH3 is 1. The van der Waals surface area contributed by atoms with E-state index in [1.807, 2.05) is 7.11 Å². The van der Waals surface area contributed by atoms with Crippen molar-refractivity contribution in [2.24, 2.45) is 23.7 Å². The van der Waals surface area contributed by atoms with Crippen LogP contribution in [0.25, 0.3) is 0 Å². The first kappa shape index (κ1) is 7.14. The van der Waals surface area contributed by atoms with Gasteiger partial charge in [0.15, 0.2) is 0 Å². The van der Waals surface area contributed by atoms with E-state index in [9.17, 15) is 0 Å². The zero-order valence-corrected chi connectivity index (χ0v) is 7.57. The van der Waals surface area contributed by atoms with Gasteiger partial charge in [-0.15, -0.1) is 0 Å². The van der Waals surface area contributed by atoms with Crippen molar-refractivity contribution in [3.8, 4) is 0 Å². The SMILES string of the molecule is CO[C@H]1C=CC2C1[C@H]1CC[C@@H]2C1. The van der Waals surface area contributed by atoms with Gasteiger partial charge in [0.25, 0.3) is 0 Å². The lowest BCUT2D eigenvalue weighted by molar-refractivity contribution is 0.0592. The van der Waals surface area contributed by atoms with Crippen molar-refractivity contribution in [2.75, 3.05) is 7.11 Å². The first-order valence-electron chi connectivity index (χ1n) is 5.11. The number of fused-ring (bicyclic) bond motifs is 5. The molecule has 0 heterocycles. The highest BCUT2D eigenvalue weighted by Gasteiger charge is 2.51. The zero-order valence-electron chi connectivity index (χ0n) is 7.57. The molecule has 0 aliphatic heterocycles. The van der Waals surface area contributed by atoms with Gasteiger partial charge in [-0.1, -0.05) is 12.2 Å². The topological polar surface area (TPSA) is 9.23 Å². The molecule has 5 atom stereocenters. The molecular formula is C11H16O. The fraction of sp³-hybridized carbons (Fsp3) is 0.818. The molecule has 1 heteroatoms. The molecule has 0 spiro atoms. The average Bonchev–Trinajstić information content (AvgIpc) is 2.76. The Balaban J connectivity index is 1.89. The number of ether oxygens (including phenoxy) is 1. The Bertz CT molecular complexity index is 221. The molecule has 66 valence electrons. The van der Waals surface area contributed by atoms with Crippen LogP contribution in [0.2, 0.25) is 0 Å². The van der Waals surface area contributed by atoms with E-state index in [2.05, 4.69) is 12.2 Å². The van der Waals surface area contributed by atoms with Crippen LogP contribution in [-0.4, -0.2) is 13.2 Å². The van der Waals surface area contributed by atoms with E-state index in [0.29, 0.717) is 6.10 Å². The Labute approximate surface area is 73.8 Å². The minimum absolute atomic E-state index is 0.449. The standard InChI is InChI=1S/C11H16O/c1-12-10-5-4-9-7-2-3-8(6-7)11(9)10/h4-5,7-11H,2-3,6H2,1H3/t7-,8+,9?,10+,11?/m1/s1. The summed E-state index contributed by atoms with van der Waals surface area (Å²) >= 11 is 0. The Morgan fingerprint density at radius 2 is 2.00 bits per heavy atom. The monoisotopic (exact) mass is 164 g/mol. The third-order valence-electron chi connectivity index (χ3n) is 4.22. The summed E-state index contributed by atoms with van der Waals surface area (Å²) in [5.41, 5.74) is 0. The summed E-state index contributed by atoms with van der Waals surface area (Å²) in [6.45, 7) is 0. The van der Waals surface area contributed by atoms with Crippen molar-refractivity contribution in [2.45, 2.75) is 25.4 Å². The van der Waals surface area contributed by atoms with Gasteiger partial charge in [0.05, 0.1) is 6.10 Å². The maximum Gasteiger partial charge on any atom is 0.0788 e. The van der Waals surface area contributed by atoms with Crippen LogP contribution in [0.5, 0.6) is 0 Å². The van der Waals surface area contributed by atoms with Gasteiger partial charge < -0.3 is 4.74 Å². The zero-order chi connectivity index (χ0) is 8.13. The lowest BCUT2D eigenvalue weighted by Gasteiger charge is -2.28. The van der Waals surface area contributed by atoms with E-state index >= 15 is 0 Å². The predicted octanol–water partition coefficient (Wildman–Crippen LogP) is 2.23. The molecule has 12 heavy (non-hydrogen) atoms. The molecule has 2 fully saturated rings. The van der Waals surface area contributed by atoms with Crippen LogP contribution in [0.1, 0.15) is 19.3 Å². The van der Waals surface area contributed by atoms with Crippen molar-refractivity contribution in [3.63, 3.8) is 0 Å². The van der Waals surface area contributed by atoms with Crippen LogP contribution in [0, 0.1) is 23.7 Å². The molecular weight excluding hydrogens is 148 g/mol. The van der Waals surface area contributed by atoms with Crippen LogP contribution in [0.15, 0.2) is 12.2 Å². The van der Waals surface area contributed by atoms with Gasteiger partial charge in [0.2, 0.25) is 0 Å². The molecule has 1 nitrogen and oxygen atoms in total. The molecule has 0 aromatic rings. The van der Waals surface area contributed by atoms with Crippen molar-refractivity contribution in [1.82, 2.24) is 0 Å². The van der Waals surface area contributed by atoms with Crippen LogP contribution in [0.4, 0.5) is 0 Å². The van der Waals surface area contributed by atoms with E-state index in [0.717, 1.165) is 23.7 Å². The molecule has 2 unspecified atom stereocenters. The molecule has 0 saturated heterocycles. The van der Waals surface area contributed by atoms with Crippen molar-refractivity contribution in [1.29, 1.82) is 0 Å². The maximum atomic E-state index is 5.49. The van der Waals surface area contributed by atoms with Gasteiger partial charge in [0, 0.05) is 7.11 Å². The van der Waals surface area contributed by atoms with E-state index in [4.69, 9.17) is 4.74 Å². The lowest BCUT2D eigenvalue weighted by Crippen LogP contribution is -2.27. The molecule has 0 N–H and O–H groups in total. The third-order valence-corrected chi connectivity index (χ3v) is 4.22. The summed E-state index contributed by atoms with van der Waals surface area (Å²) in [5, 5.41) is 0. The largest absolute Gasteiger partial charge is 0.377 e. The molecule has 3 rings (SSSR count). The molecule has 3 aliphatic carbocycles. The fourth-order valence-electron chi connectivity index (χ4n) is 3.75. The highest BCUT2D eigenvalue weighted by atomic mass is 16.5. The van der Waals surface area contributed by atoms with Crippen molar-refractivity contribution < 1.29 is 4.74 Å². The van der Waals surface area contributed by atoms with Crippen LogP contribution >= 0.6 is 0 Å². The summed E-state index contributed by atoms with van der Waals surface area (Å²) in [4.78, 5) is 0. The second-order valence-corrected chi connectivity index (χ2v) is 4.57. The van der Waals surface area contributed by atoms with Gasteiger partial charge >= 0.3 is 0 Å². The van der Waals surface area contributed by atoms with Gasteiger partial charge in [-0.2, -0.15) is 0 Å². The molecule has 0 radical (unpaired) electrons. The van der Waals surface area contributed by atoms with Crippen LogP contribution in [-0.2, 0) is 4.74 Å². The highest BCUT2D eigenvalue weighted by molar-refractivity contribution is 5.16. The van der Waals surface area contributed by atoms with E-state index in [1.54, 1.807) is 0 Å². The fourth-order valence-corrected chi connectivity index (χ4v) is 3.75. The van der Waals surface area contributed by atoms with Crippen molar-refractivity contribution >= 4 is 0 Å². The Morgan fingerprint density at radius 3 is 2.83 bits per heavy atom. The second-order valence-electron chi connectivity index (χ2n) is 4.57. The second kappa shape index (κ2) is 2.35. The van der Waals surface area contributed by atoms with Gasteiger partial charge in [-0.05, 0) is 42.9 Å². The average molecular weight is 164 g/mol. The molecule has 2 bridgehead atoms. The number of allylic oxidation sites excluding steroid dienone is 1. The number of rotatable bonds is 1. The van der Waals surface area contributed by atoms with E-state index in [-0.39, 0.29) is 0 Å². The van der Waals surface area contributed by atoms with Crippen molar-refractivity contribution in [3.05, 3.63) is 12.2 Å². The molecule has 0 amide bonds. The molecule has 0 aromatic carbocycles. The van der Waals surface area contributed by atoms with E-state index < -0.39 is 0 Å². The Hall–Kier alpha value is -0.300. The Morgan fingerprint density at radius 1 is 1.17 bits per heavy atom. The molecule has 3 aliphatic rings. The normalized spacial score (nSPS) is 54.9. The summed E-state index contributed by atoms with van der Waals surface area (Å²) in [5.74, 6) is 3.73. The van der Waals surface area contributed by atoms with Gasteiger partial charge in [0.1, 0.15) is 0 Å². The summed E-state index contributed by atoms with van der Waals surface area (Å²) in [6.07, 6.45) is 9.59. The van der Waals surface area contributed by atoms with Gasteiger partial charge in [-0.3, -0.25) is 0 Å². The predicted molar refractivity (Wildman–Crippen MR) is 47.7 cm³/mol.